The fourth-order valence-corrected chi connectivity index (χ4v) is 5.51. The number of hydrogen-bond donors (Lipinski definition) is 0. The third kappa shape index (κ3) is 2.55. The van der Waals surface area contributed by atoms with Gasteiger partial charge in [0.1, 0.15) is 10.6 Å². The van der Waals surface area contributed by atoms with Gasteiger partial charge in [-0.15, -0.1) is 11.3 Å². The summed E-state index contributed by atoms with van der Waals surface area (Å²) in [6.45, 7) is 3.79. The zero-order valence-corrected chi connectivity index (χ0v) is 15.2. The summed E-state index contributed by atoms with van der Waals surface area (Å²) in [5.41, 5.74) is 0.642. The van der Waals surface area contributed by atoms with Crippen LogP contribution in [0.3, 0.4) is 0 Å². The van der Waals surface area contributed by atoms with Gasteiger partial charge >= 0.3 is 6.09 Å². The first-order chi connectivity index (χ1) is 12.1. The van der Waals surface area contributed by atoms with Crippen LogP contribution in [-0.2, 0) is 4.74 Å². The summed E-state index contributed by atoms with van der Waals surface area (Å²) < 4.78 is 5.94. The molecule has 2 bridgehead atoms. The van der Waals surface area contributed by atoms with E-state index in [1.807, 2.05) is 18.2 Å². The lowest BCUT2D eigenvalue weighted by molar-refractivity contribution is -0.0881. The fraction of sp³-hybridized carbons (Fsp3) is 0.444. The molecule has 0 aromatic carbocycles. The Bertz CT molecular complexity index is 833. The Labute approximate surface area is 155 Å². The molecule has 2 aromatic heterocycles. The van der Waals surface area contributed by atoms with Gasteiger partial charge in [-0.2, -0.15) is 0 Å². The molecule has 0 radical (unpaired) electrons. The monoisotopic (exact) mass is 375 g/mol. The molecule has 0 N–H and O–H groups in total. The van der Waals surface area contributed by atoms with Crippen LogP contribution in [0.2, 0.25) is 5.02 Å². The molecular formula is C18H18ClN3O2S. The Hall–Kier alpha value is -1.63. The number of halogens is 1. The van der Waals surface area contributed by atoms with Crippen molar-refractivity contribution in [3.63, 3.8) is 0 Å². The standard InChI is InChI=1S/C18H18ClN3O2S/c19-14-7-12(8-20-9-14)15-1-2-16(25-15)22-11-18(24-17(22)23)10-21-5-3-13(18)4-6-21/h1-2,7-9,13H,3-6,10-11H2. The van der Waals surface area contributed by atoms with Gasteiger partial charge in [0.2, 0.25) is 0 Å². The second-order valence-corrected chi connectivity index (χ2v) is 8.60. The molecule has 7 heteroatoms. The van der Waals surface area contributed by atoms with E-state index in [1.165, 1.54) is 0 Å². The third-order valence-corrected chi connectivity index (χ3v) is 6.97. The lowest BCUT2D eigenvalue weighted by Crippen LogP contribution is -2.61. The van der Waals surface area contributed by atoms with Crippen LogP contribution in [-0.4, -0.2) is 47.8 Å². The molecule has 0 aliphatic carbocycles. The van der Waals surface area contributed by atoms with Crippen LogP contribution in [0, 0.1) is 5.92 Å². The van der Waals surface area contributed by atoms with Crippen LogP contribution in [0.1, 0.15) is 12.8 Å². The van der Waals surface area contributed by atoms with E-state index in [-0.39, 0.29) is 11.7 Å². The molecule has 130 valence electrons. The molecule has 0 saturated carbocycles. The zero-order chi connectivity index (χ0) is 17.0. The summed E-state index contributed by atoms with van der Waals surface area (Å²) in [5.74, 6) is 0.489. The normalized spacial score (nSPS) is 30.9. The van der Waals surface area contributed by atoms with Crippen molar-refractivity contribution < 1.29 is 9.53 Å². The minimum absolute atomic E-state index is 0.216. The maximum Gasteiger partial charge on any atom is 0.415 e. The molecule has 4 fully saturated rings. The Morgan fingerprint density at radius 2 is 2.08 bits per heavy atom. The van der Waals surface area contributed by atoms with Crippen molar-refractivity contribution in [3.05, 3.63) is 35.6 Å². The molecule has 6 heterocycles. The number of aromatic nitrogens is 1. The van der Waals surface area contributed by atoms with Gasteiger partial charge in [0.15, 0.2) is 0 Å². The van der Waals surface area contributed by atoms with Crippen LogP contribution in [0.4, 0.5) is 9.80 Å². The van der Waals surface area contributed by atoms with E-state index < -0.39 is 0 Å². The number of fused-ring (bicyclic) bond motifs is 2. The molecule has 4 aliphatic rings. The van der Waals surface area contributed by atoms with Gasteiger partial charge in [0.25, 0.3) is 0 Å². The summed E-state index contributed by atoms with van der Waals surface area (Å²) in [4.78, 5) is 22.0. The largest absolute Gasteiger partial charge is 0.439 e. The van der Waals surface area contributed by atoms with Crippen LogP contribution in [0.15, 0.2) is 30.6 Å². The first kappa shape index (κ1) is 15.6. The van der Waals surface area contributed by atoms with Crippen molar-refractivity contribution in [3.8, 4) is 10.4 Å². The van der Waals surface area contributed by atoms with E-state index in [1.54, 1.807) is 28.6 Å². The Morgan fingerprint density at radius 1 is 1.24 bits per heavy atom. The number of carbonyl (C=O) groups is 1. The summed E-state index contributed by atoms with van der Waals surface area (Å²) in [6, 6.07) is 5.89. The molecule has 6 rings (SSSR count). The van der Waals surface area contributed by atoms with Gasteiger partial charge in [0, 0.05) is 35.3 Å². The number of pyridine rings is 1. The van der Waals surface area contributed by atoms with E-state index in [2.05, 4.69) is 9.88 Å². The van der Waals surface area contributed by atoms with Gasteiger partial charge in [-0.1, -0.05) is 11.6 Å². The van der Waals surface area contributed by atoms with Gasteiger partial charge in [-0.05, 0) is 44.1 Å². The molecule has 1 atom stereocenters. The van der Waals surface area contributed by atoms with Crippen molar-refractivity contribution in [2.75, 3.05) is 31.1 Å². The van der Waals surface area contributed by atoms with Crippen molar-refractivity contribution in [2.45, 2.75) is 18.4 Å². The molecule has 5 nitrogen and oxygen atoms in total. The first-order valence-corrected chi connectivity index (χ1v) is 9.76. The maximum atomic E-state index is 12.6. The zero-order valence-electron chi connectivity index (χ0n) is 13.7. The second-order valence-electron chi connectivity index (χ2n) is 7.10. The van der Waals surface area contributed by atoms with Gasteiger partial charge < -0.3 is 4.74 Å². The van der Waals surface area contributed by atoms with E-state index in [4.69, 9.17) is 16.3 Å². The highest BCUT2D eigenvalue weighted by atomic mass is 35.5. The number of anilines is 1. The third-order valence-electron chi connectivity index (χ3n) is 5.61. The second kappa shape index (κ2) is 5.69. The number of hydrogen-bond acceptors (Lipinski definition) is 5. The van der Waals surface area contributed by atoms with E-state index in [0.29, 0.717) is 17.5 Å². The van der Waals surface area contributed by atoms with Crippen molar-refractivity contribution in [1.29, 1.82) is 0 Å². The highest BCUT2D eigenvalue weighted by Gasteiger charge is 2.55. The van der Waals surface area contributed by atoms with Crippen LogP contribution >= 0.6 is 22.9 Å². The lowest BCUT2D eigenvalue weighted by atomic mass is 9.75. The highest BCUT2D eigenvalue weighted by molar-refractivity contribution is 7.19. The van der Waals surface area contributed by atoms with E-state index in [0.717, 1.165) is 47.9 Å². The average molecular weight is 376 g/mol. The van der Waals surface area contributed by atoms with E-state index >= 15 is 0 Å². The van der Waals surface area contributed by atoms with Crippen molar-refractivity contribution in [1.82, 2.24) is 9.88 Å². The quantitative estimate of drug-likeness (QED) is 0.799. The molecule has 1 unspecified atom stereocenters. The predicted molar refractivity (Wildman–Crippen MR) is 98.3 cm³/mol. The molecule has 1 amide bonds. The highest BCUT2D eigenvalue weighted by Crippen LogP contribution is 2.45. The number of ether oxygens (including phenoxy) is 1. The summed E-state index contributed by atoms with van der Waals surface area (Å²) in [7, 11) is 0. The number of rotatable bonds is 2. The van der Waals surface area contributed by atoms with E-state index in [9.17, 15) is 4.79 Å². The smallest absolute Gasteiger partial charge is 0.415 e. The minimum atomic E-state index is -0.324. The van der Waals surface area contributed by atoms with Crippen molar-refractivity contribution in [2.24, 2.45) is 5.92 Å². The minimum Gasteiger partial charge on any atom is -0.439 e. The number of amides is 1. The molecule has 1 spiro atoms. The average Bonchev–Trinajstić information content (AvgIpc) is 3.21. The first-order valence-electron chi connectivity index (χ1n) is 8.57. The summed E-state index contributed by atoms with van der Waals surface area (Å²) in [5, 5.41) is 1.53. The Balaban J connectivity index is 1.42. The number of piperidine rings is 3. The Morgan fingerprint density at radius 3 is 2.80 bits per heavy atom. The van der Waals surface area contributed by atoms with Gasteiger partial charge in [-0.3, -0.25) is 14.8 Å². The van der Waals surface area contributed by atoms with Crippen LogP contribution in [0.25, 0.3) is 10.4 Å². The molecule has 4 aliphatic heterocycles. The van der Waals surface area contributed by atoms with Gasteiger partial charge in [-0.25, -0.2) is 4.79 Å². The number of thiophene rings is 1. The van der Waals surface area contributed by atoms with Gasteiger partial charge in [0.05, 0.1) is 11.6 Å². The SMILES string of the molecule is O=C1OC2(CN3CCC2CC3)CN1c1ccc(-c2cncc(Cl)c2)s1. The number of carbonyl (C=O) groups excluding carboxylic acids is 1. The maximum absolute atomic E-state index is 12.6. The number of nitrogens with zero attached hydrogens (tertiary/aromatic N) is 3. The van der Waals surface area contributed by atoms with Crippen LogP contribution in [0.5, 0.6) is 0 Å². The molecule has 4 saturated heterocycles. The topological polar surface area (TPSA) is 45.7 Å². The molecular weight excluding hydrogens is 358 g/mol. The molecule has 2 aromatic rings. The van der Waals surface area contributed by atoms with Crippen LogP contribution < -0.4 is 4.90 Å². The molecule has 25 heavy (non-hydrogen) atoms. The summed E-state index contributed by atoms with van der Waals surface area (Å²) in [6.07, 6.45) is 5.45. The lowest BCUT2D eigenvalue weighted by Gasteiger charge is -2.49. The Kier molecular flexibility index (Phi) is 3.55. The predicted octanol–water partition coefficient (Wildman–Crippen LogP) is 3.88. The fourth-order valence-electron chi connectivity index (χ4n) is 4.36. The van der Waals surface area contributed by atoms with Crippen molar-refractivity contribution >= 4 is 34.0 Å². The summed E-state index contributed by atoms with van der Waals surface area (Å²) >= 11 is 7.61.